The van der Waals surface area contributed by atoms with E-state index in [1.165, 1.54) is 10.0 Å². The number of amides is 1. The lowest BCUT2D eigenvalue weighted by molar-refractivity contribution is -0.268. The molecule has 0 aromatic rings. The molecule has 2 bridgehead atoms. The van der Waals surface area contributed by atoms with Crippen LogP contribution in [0.4, 0.5) is 4.79 Å². The van der Waals surface area contributed by atoms with Gasteiger partial charge in [0, 0.05) is 6.42 Å². The number of hydrogen-bond donors (Lipinski definition) is 1. The van der Waals surface area contributed by atoms with Gasteiger partial charge in [0.2, 0.25) is 6.41 Å². The highest BCUT2D eigenvalue weighted by atomic mass is 16.6. The van der Waals surface area contributed by atoms with Crippen LogP contribution in [0.3, 0.4) is 0 Å². The lowest BCUT2D eigenvalue weighted by Gasteiger charge is -2.39. The van der Waals surface area contributed by atoms with E-state index >= 15 is 0 Å². The average Bonchev–Trinajstić information content (AvgIpc) is 2.82. The maximum absolute atomic E-state index is 12.1. The highest BCUT2D eigenvalue weighted by molar-refractivity contribution is 5.89. The van der Waals surface area contributed by atoms with Crippen LogP contribution in [0.5, 0.6) is 0 Å². The number of carbonyl (C=O) groups excluding carboxylic acids is 2. The zero-order chi connectivity index (χ0) is 15.0. The third-order valence-electron chi connectivity index (χ3n) is 3.36. The van der Waals surface area contributed by atoms with Crippen molar-refractivity contribution < 1.29 is 24.2 Å². The number of fused-ring (bicyclic) bond motifs is 2. The first-order valence-corrected chi connectivity index (χ1v) is 6.95. The summed E-state index contributed by atoms with van der Waals surface area (Å²) in [6, 6.07) is -0.752. The number of nitrogens with zero attached hydrogens (tertiary/aromatic N) is 2. The van der Waals surface area contributed by atoms with Gasteiger partial charge in [-0.1, -0.05) is 0 Å². The molecule has 0 aromatic carbocycles. The molecule has 1 aliphatic carbocycles. The monoisotopic (exact) mass is 286 g/mol. The molecule has 1 N–H and O–H groups in total. The van der Waals surface area contributed by atoms with Crippen molar-refractivity contribution in [1.29, 1.82) is 0 Å². The molecule has 2 aliphatic rings. The smallest absolute Gasteiger partial charge is 0.425 e. The van der Waals surface area contributed by atoms with Crippen molar-refractivity contribution in [1.82, 2.24) is 10.0 Å². The van der Waals surface area contributed by atoms with Crippen molar-refractivity contribution in [2.24, 2.45) is 0 Å². The van der Waals surface area contributed by atoms with Gasteiger partial charge < -0.3 is 14.6 Å². The number of aliphatic hydroxyl groups excluding tert-OH is 1. The summed E-state index contributed by atoms with van der Waals surface area (Å²) in [6.45, 7) is 7.05. The standard InChI is InChI=1S/C13H22N2O5/c1-7(2)19-12(17)14-9-5-10(11(16)6-9)15(14)13(18)20-8(3)4/h7-10,13,18H,5-6H2,1-4H3. The molecular weight excluding hydrogens is 264 g/mol. The molecule has 7 heteroatoms. The van der Waals surface area contributed by atoms with Crippen molar-refractivity contribution in [3.8, 4) is 0 Å². The van der Waals surface area contributed by atoms with E-state index in [4.69, 9.17) is 9.47 Å². The van der Waals surface area contributed by atoms with Crippen molar-refractivity contribution in [2.75, 3.05) is 0 Å². The van der Waals surface area contributed by atoms with Gasteiger partial charge in [-0.2, -0.15) is 5.01 Å². The Balaban J connectivity index is 2.16. The first kappa shape index (κ1) is 15.2. The topological polar surface area (TPSA) is 79.3 Å². The van der Waals surface area contributed by atoms with Gasteiger partial charge in [0.15, 0.2) is 5.78 Å². The Morgan fingerprint density at radius 3 is 2.50 bits per heavy atom. The van der Waals surface area contributed by atoms with E-state index in [0.717, 1.165) is 0 Å². The molecule has 2 fully saturated rings. The Morgan fingerprint density at radius 1 is 1.30 bits per heavy atom. The highest BCUT2D eigenvalue weighted by Gasteiger charge is 2.55. The Kier molecular flexibility index (Phi) is 4.31. The number of rotatable bonds is 4. The Hall–Kier alpha value is -1.18. The number of aliphatic hydroxyl groups is 1. The van der Waals surface area contributed by atoms with Crippen LogP contribution < -0.4 is 0 Å². The molecule has 20 heavy (non-hydrogen) atoms. The molecule has 1 saturated heterocycles. The Labute approximate surface area is 118 Å². The minimum Gasteiger partial charge on any atom is -0.446 e. The van der Waals surface area contributed by atoms with Crippen LogP contribution in [0.15, 0.2) is 0 Å². The molecule has 1 aliphatic heterocycles. The van der Waals surface area contributed by atoms with Crippen LogP contribution in [-0.2, 0) is 14.3 Å². The van der Waals surface area contributed by atoms with Crippen LogP contribution in [0.2, 0.25) is 0 Å². The number of carbonyl (C=O) groups is 2. The third-order valence-corrected chi connectivity index (χ3v) is 3.36. The molecule has 0 spiro atoms. The molecule has 3 atom stereocenters. The van der Waals surface area contributed by atoms with E-state index in [-0.39, 0.29) is 24.0 Å². The maximum atomic E-state index is 12.1. The second-order valence-corrected chi connectivity index (χ2v) is 5.74. The van der Waals surface area contributed by atoms with E-state index in [2.05, 4.69) is 0 Å². The summed E-state index contributed by atoms with van der Waals surface area (Å²) < 4.78 is 10.5. The van der Waals surface area contributed by atoms with Gasteiger partial charge in [0.1, 0.15) is 0 Å². The van der Waals surface area contributed by atoms with Gasteiger partial charge in [-0.15, -0.1) is 0 Å². The molecule has 7 nitrogen and oxygen atoms in total. The van der Waals surface area contributed by atoms with Gasteiger partial charge in [0.05, 0.1) is 24.3 Å². The minimum absolute atomic E-state index is 0.0232. The first-order chi connectivity index (χ1) is 9.31. The molecule has 3 unspecified atom stereocenters. The van der Waals surface area contributed by atoms with Gasteiger partial charge in [-0.05, 0) is 34.1 Å². The third kappa shape index (κ3) is 2.79. The summed E-state index contributed by atoms with van der Waals surface area (Å²) in [6.07, 6.45) is -1.53. The summed E-state index contributed by atoms with van der Waals surface area (Å²) in [7, 11) is 0. The Morgan fingerprint density at radius 2 is 1.95 bits per heavy atom. The number of ketones is 1. The van der Waals surface area contributed by atoms with Crippen molar-refractivity contribution >= 4 is 11.9 Å². The van der Waals surface area contributed by atoms with Crippen LogP contribution >= 0.6 is 0 Å². The van der Waals surface area contributed by atoms with Gasteiger partial charge in [0.25, 0.3) is 0 Å². The molecular formula is C13H22N2O5. The molecule has 1 amide bonds. The Bertz CT molecular complexity index is 398. The van der Waals surface area contributed by atoms with E-state index in [9.17, 15) is 14.7 Å². The maximum Gasteiger partial charge on any atom is 0.425 e. The SMILES string of the molecule is CC(C)OC(=O)N1C2CC(=O)C(C2)N1C(O)OC(C)C. The van der Waals surface area contributed by atoms with Crippen molar-refractivity contribution in [3.63, 3.8) is 0 Å². The molecule has 0 aromatic heterocycles. The van der Waals surface area contributed by atoms with Gasteiger partial charge in [-0.3, -0.25) is 4.79 Å². The zero-order valence-electron chi connectivity index (χ0n) is 12.3. The predicted octanol–water partition coefficient (Wildman–Crippen LogP) is 0.865. The summed E-state index contributed by atoms with van der Waals surface area (Å²) in [5, 5.41) is 12.8. The van der Waals surface area contributed by atoms with E-state index < -0.39 is 18.5 Å². The van der Waals surface area contributed by atoms with Gasteiger partial charge in [-0.25, -0.2) is 9.80 Å². The molecule has 1 saturated carbocycles. The van der Waals surface area contributed by atoms with Crippen molar-refractivity contribution in [2.45, 2.75) is 71.2 Å². The highest BCUT2D eigenvalue weighted by Crippen LogP contribution is 2.37. The quantitative estimate of drug-likeness (QED) is 0.772. The van der Waals surface area contributed by atoms with E-state index in [0.29, 0.717) is 12.8 Å². The molecule has 1 heterocycles. The number of ether oxygens (including phenoxy) is 2. The normalized spacial score (nSPS) is 27.8. The van der Waals surface area contributed by atoms with Gasteiger partial charge >= 0.3 is 6.09 Å². The summed E-state index contributed by atoms with van der Waals surface area (Å²) in [5.41, 5.74) is 0. The first-order valence-electron chi connectivity index (χ1n) is 6.95. The lowest BCUT2D eigenvalue weighted by atomic mass is 10.2. The van der Waals surface area contributed by atoms with Crippen LogP contribution in [0, 0.1) is 0 Å². The fourth-order valence-electron chi connectivity index (χ4n) is 2.69. The number of hydrazine groups is 1. The zero-order valence-corrected chi connectivity index (χ0v) is 12.3. The second kappa shape index (κ2) is 5.67. The molecule has 114 valence electrons. The fraction of sp³-hybridized carbons (Fsp3) is 0.846. The number of hydrogen-bond acceptors (Lipinski definition) is 6. The average molecular weight is 286 g/mol. The van der Waals surface area contributed by atoms with Crippen LogP contribution in [-0.4, -0.2) is 57.7 Å². The summed E-state index contributed by atoms with van der Waals surface area (Å²) in [4.78, 5) is 24.0. The number of Topliss-reactive ketones (excluding diaryl/α,β-unsaturated/α-hetero) is 1. The largest absolute Gasteiger partial charge is 0.446 e. The minimum atomic E-state index is -1.33. The van der Waals surface area contributed by atoms with Crippen molar-refractivity contribution in [3.05, 3.63) is 0 Å². The van der Waals surface area contributed by atoms with E-state index in [1.807, 2.05) is 0 Å². The van der Waals surface area contributed by atoms with Crippen LogP contribution in [0.25, 0.3) is 0 Å². The summed E-state index contributed by atoms with van der Waals surface area (Å²) >= 11 is 0. The van der Waals surface area contributed by atoms with E-state index in [1.54, 1.807) is 27.7 Å². The predicted molar refractivity (Wildman–Crippen MR) is 69.3 cm³/mol. The fourth-order valence-corrected chi connectivity index (χ4v) is 2.69. The summed E-state index contributed by atoms with van der Waals surface area (Å²) in [5.74, 6) is 0.0232. The molecule has 2 rings (SSSR count). The molecule has 0 radical (unpaired) electrons. The second-order valence-electron chi connectivity index (χ2n) is 5.74. The lowest BCUT2D eigenvalue weighted by Crippen LogP contribution is -2.58. The van der Waals surface area contributed by atoms with Crippen LogP contribution in [0.1, 0.15) is 40.5 Å².